The highest BCUT2D eigenvalue weighted by Crippen LogP contribution is 2.02. The molecular weight excluding hydrogens is 230 g/mol. The van der Waals surface area contributed by atoms with Gasteiger partial charge in [0, 0.05) is 6.54 Å². The zero-order valence-corrected chi connectivity index (χ0v) is 9.02. The molecule has 0 saturated heterocycles. The van der Waals surface area contributed by atoms with Crippen molar-refractivity contribution in [2.75, 3.05) is 13.7 Å². The van der Waals surface area contributed by atoms with E-state index in [1.165, 1.54) is 7.11 Å². The van der Waals surface area contributed by atoms with Gasteiger partial charge in [-0.25, -0.2) is 9.78 Å². The summed E-state index contributed by atoms with van der Waals surface area (Å²) in [6.07, 6.45) is 1.12. The monoisotopic (exact) mass is 241 g/mol. The minimum Gasteiger partial charge on any atom is -0.477 e. The van der Waals surface area contributed by atoms with Gasteiger partial charge in [-0.05, 0) is 0 Å². The van der Waals surface area contributed by atoms with E-state index in [9.17, 15) is 14.4 Å². The Labute approximate surface area is 96.0 Å². The maximum absolute atomic E-state index is 11.5. The van der Waals surface area contributed by atoms with Crippen LogP contribution in [0.25, 0.3) is 0 Å². The molecule has 1 amide bonds. The number of H-pyrrole nitrogens is 1. The van der Waals surface area contributed by atoms with E-state index in [-0.39, 0.29) is 24.4 Å². The molecular formula is C9H11N3O5. The first kappa shape index (κ1) is 12.7. The number of carboxylic acid groups (broad SMARTS) is 1. The highest BCUT2D eigenvalue weighted by molar-refractivity contribution is 6.02. The zero-order chi connectivity index (χ0) is 12.8. The van der Waals surface area contributed by atoms with Gasteiger partial charge in [0.2, 0.25) is 0 Å². The van der Waals surface area contributed by atoms with E-state index in [0.717, 1.165) is 6.33 Å². The third-order valence-electron chi connectivity index (χ3n) is 1.91. The average molecular weight is 241 g/mol. The first-order valence-electron chi connectivity index (χ1n) is 4.68. The van der Waals surface area contributed by atoms with Crippen LogP contribution in [0.5, 0.6) is 0 Å². The van der Waals surface area contributed by atoms with Gasteiger partial charge in [-0.3, -0.25) is 9.59 Å². The lowest BCUT2D eigenvalue weighted by molar-refractivity contribution is -0.140. The fraction of sp³-hybridized carbons (Fsp3) is 0.333. The van der Waals surface area contributed by atoms with E-state index in [1.54, 1.807) is 0 Å². The number of nitrogens with one attached hydrogen (secondary N) is 2. The van der Waals surface area contributed by atoms with Crippen LogP contribution in [0.1, 0.15) is 27.4 Å². The number of aromatic carboxylic acids is 1. The molecule has 8 nitrogen and oxygen atoms in total. The molecule has 0 spiro atoms. The number of carboxylic acids is 1. The Balaban J connectivity index is 2.55. The second-order valence-electron chi connectivity index (χ2n) is 3.01. The number of aromatic nitrogens is 2. The van der Waals surface area contributed by atoms with E-state index in [0.29, 0.717) is 0 Å². The number of aromatic amines is 1. The zero-order valence-electron chi connectivity index (χ0n) is 9.02. The summed E-state index contributed by atoms with van der Waals surface area (Å²) in [5.41, 5.74) is -0.511. The van der Waals surface area contributed by atoms with Gasteiger partial charge in [0.1, 0.15) is 0 Å². The van der Waals surface area contributed by atoms with Crippen LogP contribution in [-0.2, 0) is 9.53 Å². The van der Waals surface area contributed by atoms with Crippen molar-refractivity contribution in [3.8, 4) is 0 Å². The number of imidazole rings is 1. The van der Waals surface area contributed by atoms with Gasteiger partial charge < -0.3 is 20.1 Å². The topological polar surface area (TPSA) is 121 Å². The Hall–Kier alpha value is -2.38. The van der Waals surface area contributed by atoms with Gasteiger partial charge in [-0.2, -0.15) is 0 Å². The van der Waals surface area contributed by atoms with E-state index >= 15 is 0 Å². The smallest absolute Gasteiger partial charge is 0.354 e. The summed E-state index contributed by atoms with van der Waals surface area (Å²) >= 11 is 0. The summed E-state index contributed by atoms with van der Waals surface area (Å²) in [4.78, 5) is 38.9. The van der Waals surface area contributed by atoms with Crippen LogP contribution in [-0.4, -0.2) is 46.6 Å². The lowest BCUT2D eigenvalue weighted by atomic mass is 10.3. The number of rotatable bonds is 5. The van der Waals surface area contributed by atoms with Crippen molar-refractivity contribution in [1.82, 2.24) is 15.3 Å². The van der Waals surface area contributed by atoms with E-state index in [1.807, 2.05) is 0 Å². The average Bonchev–Trinajstić information content (AvgIpc) is 2.77. The Morgan fingerprint density at radius 3 is 2.82 bits per heavy atom. The highest BCUT2D eigenvalue weighted by Gasteiger charge is 2.19. The number of esters is 1. The van der Waals surface area contributed by atoms with Crippen molar-refractivity contribution >= 4 is 17.8 Å². The lowest BCUT2D eigenvalue weighted by Crippen LogP contribution is -2.28. The molecule has 0 unspecified atom stereocenters. The number of methoxy groups -OCH3 is 1. The molecule has 0 fully saturated rings. The van der Waals surface area contributed by atoms with Crippen molar-refractivity contribution < 1.29 is 24.2 Å². The summed E-state index contributed by atoms with van der Waals surface area (Å²) in [5.74, 6) is -2.40. The molecule has 92 valence electrons. The largest absolute Gasteiger partial charge is 0.477 e. The summed E-state index contributed by atoms with van der Waals surface area (Å²) in [6.45, 7) is 0.0530. The minimum atomic E-state index is -1.28. The van der Waals surface area contributed by atoms with Crippen LogP contribution in [0.15, 0.2) is 6.33 Å². The lowest BCUT2D eigenvalue weighted by Gasteiger charge is -2.02. The molecule has 17 heavy (non-hydrogen) atoms. The molecule has 0 aliphatic carbocycles. The predicted molar refractivity (Wildman–Crippen MR) is 54.5 cm³/mol. The van der Waals surface area contributed by atoms with Crippen LogP contribution < -0.4 is 5.32 Å². The van der Waals surface area contributed by atoms with Crippen LogP contribution in [0.3, 0.4) is 0 Å². The van der Waals surface area contributed by atoms with E-state index < -0.39 is 17.8 Å². The SMILES string of the molecule is COC(=O)CCNC(=O)c1nc[nH]c1C(=O)O. The molecule has 1 aromatic heterocycles. The molecule has 8 heteroatoms. The Bertz CT molecular complexity index is 440. The first-order valence-corrected chi connectivity index (χ1v) is 4.68. The van der Waals surface area contributed by atoms with Gasteiger partial charge in [-0.15, -0.1) is 0 Å². The van der Waals surface area contributed by atoms with E-state index in [2.05, 4.69) is 20.0 Å². The quantitative estimate of drug-likeness (QED) is 0.592. The molecule has 0 radical (unpaired) electrons. The second kappa shape index (κ2) is 5.64. The number of carbonyl (C=O) groups is 3. The Kier molecular flexibility index (Phi) is 4.21. The number of ether oxygens (including phenoxy) is 1. The van der Waals surface area contributed by atoms with Crippen molar-refractivity contribution in [1.29, 1.82) is 0 Å². The van der Waals surface area contributed by atoms with Gasteiger partial charge in [-0.1, -0.05) is 0 Å². The molecule has 1 aromatic rings. The van der Waals surface area contributed by atoms with Gasteiger partial charge in [0.15, 0.2) is 11.4 Å². The molecule has 3 N–H and O–H groups in total. The molecule has 1 heterocycles. The fourth-order valence-electron chi connectivity index (χ4n) is 1.09. The standard InChI is InChI=1S/C9H11N3O5/c1-17-5(13)2-3-10-8(14)6-7(9(15)16)12-4-11-6/h4H,2-3H2,1H3,(H,10,14)(H,11,12)(H,15,16). The van der Waals surface area contributed by atoms with Crippen LogP contribution >= 0.6 is 0 Å². The number of carbonyl (C=O) groups excluding carboxylic acids is 2. The van der Waals surface area contributed by atoms with Crippen molar-refractivity contribution in [2.45, 2.75) is 6.42 Å². The third-order valence-corrected chi connectivity index (χ3v) is 1.91. The minimum absolute atomic E-state index is 0.00900. The summed E-state index contributed by atoms with van der Waals surface area (Å²) in [5, 5.41) is 11.1. The fourth-order valence-corrected chi connectivity index (χ4v) is 1.09. The second-order valence-corrected chi connectivity index (χ2v) is 3.01. The first-order chi connectivity index (χ1) is 8.06. The molecule has 1 rings (SSSR count). The number of nitrogens with zero attached hydrogens (tertiary/aromatic N) is 1. The van der Waals surface area contributed by atoms with Gasteiger partial charge >= 0.3 is 11.9 Å². The highest BCUT2D eigenvalue weighted by atomic mass is 16.5. The summed E-state index contributed by atoms with van der Waals surface area (Å²) in [7, 11) is 1.24. The molecule has 0 aromatic carbocycles. The van der Waals surface area contributed by atoms with Crippen LogP contribution in [0.2, 0.25) is 0 Å². The van der Waals surface area contributed by atoms with Crippen LogP contribution in [0.4, 0.5) is 0 Å². The Morgan fingerprint density at radius 1 is 1.53 bits per heavy atom. The maximum Gasteiger partial charge on any atom is 0.354 e. The molecule has 0 bridgehead atoms. The molecule has 0 aliphatic rings. The Morgan fingerprint density at radius 2 is 2.24 bits per heavy atom. The third kappa shape index (κ3) is 3.30. The number of hydrogen-bond donors (Lipinski definition) is 3. The summed E-state index contributed by atoms with van der Waals surface area (Å²) < 4.78 is 4.38. The van der Waals surface area contributed by atoms with Gasteiger partial charge in [0.05, 0.1) is 19.9 Å². The number of hydrogen-bond acceptors (Lipinski definition) is 5. The summed E-state index contributed by atoms with van der Waals surface area (Å²) in [6, 6.07) is 0. The predicted octanol–water partition coefficient (Wildman–Crippen LogP) is -0.599. The van der Waals surface area contributed by atoms with Crippen molar-refractivity contribution in [2.24, 2.45) is 0 Å². The molecule has 0 atom stereocenters. The van der Waals surface area contributed by atoms with Crippen molar-refractivity contribution in [3.05, 3.63) is 17.7 Å². The van der Waals surface area contributed by atoms with Crippen molar-refractivity contribution in [3.63, 3.8) is 0 Å². The number of amides is 1. The molecule has 0 aliphatic heterocycles. The van der Waals surface area contributed by atoms with Gasteiger partial charge in [0.25, 0.3) is 5.91 Å². The maximum atomic E-state index is 11.5. The van der Waals surface area contributed by atoms with E-state index in [4.69, 9.17) is 5.11 Å². The normalized spacial score (nSPS) is 9.71. The van der Waals surface area contributed by atoms with Crippen LogP contribution in [0, 0.1) is 0 Å². The molecule has 0 saturated carbocycles.